The van der Waals surface area contributed by atoms with Crippen LogP contribution in [0.3, 0.4) is 0 Å². The highest BCUT2D eigenvalue weighted by Gasteiger charge is 2.01. The van der Waals surface area contributed by atoms with Crippen LogP contribution in [0.25, 0.3) is 20.4 Å². The van der Waals surface area contributed by atoms with Gasteiger partial charge in [0.15, 0.2) is 5.13 Å². The fraction of sp³-hybridized carbons (Fsp3) is 0.125. The molecule has 0 fully saturated rings. The highest BCUT2D eigenvalue weighted by molar-refractivity contribution is 7.22. The minimum atomic E-state index is 0.596. The van der Waals surface area contributed by atoms with Crippen LogP contribution in [-0.4, -0.2) is 24.2 Å². The molecule has 0 spiro atoms. The molecule has 0 bridgehead atoms. The van der Waals surface area contributed by atoms with Crippen LogP contribution in [0.2, 0.25) is 0 Å². The molecule has 118 valence electrons. The molecular weight excluding hydrogens is 330 g/mol. The van der Waals surface area contributed by atoms with E-state index in [0.29, 0.717) is 5.13 Å². The van der Waals surface area contributed by atoms with Gasteiger partial charge >= 0.3 is 0 Å². The summed E-state index contributed by atoms with van der Waals surface area (Å²) in [6.07, 6.45) is 0. The van der Waals surface area contributed by atoms with Crippen molar-refractivity contribution in [1.82, 2.24) is 9.97 Å². The van der Waals surface area contributed by atoms with E-state index in [0.717, 1.165) is 27.2 Å². The molecule has 2 N–H and O–H groups in total. The number of thiazole rings is 2. The summed E-state index contributed by atoms with van der Waals surface area (Å²) in [6, 6.07) is 11.6. The maximum Gasteiger partial charge on any atom is 0.181 e. The normalized spacial score (nSPS) is 10.3. The van der Waals surface area contributed by atoms with Crippen molar-refractivity contribution in [3.63, 3.8) is 0 Å². The van der Waals surface area contributed by atoms with E-state index in [1.807, 2.05) is 41.9 Å². The van der Waals surface area contributed by atoms with Crippen molar-refractivity contribution < 1.29 is 9.47 Å². The van der Waals surface area contributed by atoms with Crippen molar-refractivity contribution >= 4 is 48.2 Å². The van der Waals surface area contributed by atoms with Crippen molar-refractivity contribution in [3.05, 3.63) is 41.9 Å². The highest BCUT2D eigenvalue weighted by Crippen LogP contribution is 2.27. The first-order valence-electron chi connectivity index (χ1n) is 6.77. The second kappa shape index (κ2) is 6.80. The van der Waals surface area contributed by atoms with E-state index in [-0.39, 0.29) is 0 Å². The van der Waals surface area contributed by atoms with Crippen LogP contribution >= 0.6 is 22.7 Å². The van der Waals surface area contributed by atoms with E-state index >= 15 is 0 Å². The zero-order valence-electron chi connectivity index (χ0n) is 12.6. The number of rotatable bonds is 2. The van der Waals surface area contributed by atoms with Crippen molar-refractivity contribution in [3.8, 4) is 11.5 Å². The number of methoxy groups -OCH3 is 2. The summed E-state index contributed by atoms with van der Waals surface area (Å²) in [5, 5.41) is 0.596. The summed E-state index contributed by atoms with van der Waals surface area (Å²) in [7, 11) is 3.31. The number of hydrogen-bond acceptors (Lipinski definition) is 7. The van der Waals surface area contributed by atoms with E-state index in [9.17, 15) is 0 Å². The van der Waals surface area contributed by atoms with Crippen LogP contribution in [0, 0.1) is 0 Å². The summed E-state index contributed by atoms with van der Waals surface area (Å²) in [5.74, 6) is 1.73. The second-order valence-electron chi connectivity index (χ2n) is 4.57. The summed E-state index contributed by atoms with van der Waals surface area (Å²) >= 11 is 3.09. The number of benzene rings is 2. The maximum absolute atomic E-state index is 5.55. The number of hydrogen-bond donors (Lipinski definition) is 1. The van der Waals surface area contributed by atoms with Crippen molar-refractivity contribution in [2.75, 3.05) is 20.0 Å². The monoisotopic (exact) mass is 345 g/mol. The van der Waals surface area contributed by atoms with Crippen molar-refractivity contribution in [1.29, 1.82) is 0 Å². The van der Waals surface area contributed by atoms with Crippen LogP contribution in [-0.2, 0) is 0 Å². The summed E-state index contributed by atoms with van der Waals surface area (Å²) in [4.78, 5) is 8.29. The Hall–Kier alpha value is -2.38. The first kappa shape index (κ1) is 15.5. The molecule has 0 aliphatic carbocycles. The predicted molar refractivity (Wildman–Crippen MR) is 96.8 cm³/mol. The SMILES string of the molecule is COc1ccc2nc(N)sc2c1.COc1ccc2ncsc2c1. The van der Waals surface area contributed by atoms with Gasteiger partial charge in [-0.05, 0) is 36.4 Å². The number of nitrogens with zero attached hydrogens (tertiary/aromatic N) is 2. The zero-order valence-corrected chi connectivity index (χ0v) is 14.3. The highest BCUT2D eigenvalue weighted by atomic mass is 32.1. The Morgan fingerprint density at radius 2 is 1.57 bits per heavy atom. The lowest BCUT2D eigenvalue weighted by Gasteiger charge is -1.96. The number of ether oxygens (including phenoxy) is 2. The van der Waals surface area contributed by atoms with E-state index in [1.165, 1.54) is 16.0 Å². The molecule has 0 atom stereocenters. The number of nitrogens with two attached hydrogens (primary N) is 1. The summed E-state index contributed by atoms with van der Waals surface area (Å²) in [6.45, 7) is 0. The quantitative estimate of drug-likeness (QED) is 0.590. The van der Waals surface area contributed by atoms with Crippen LogP contribution in [0.4, 0.5) is 5.13 Å². The molecule has 0 amide bonds. The molecule has 4 aromatic rings. The Balaban J connectivity index is 0.000000136. The third kappa shape index (κ3) is 3.52. The Morgan fingerprint density at radius 1 is 0.913 bits per heavy atom. The van der Waals surface area contributed by atoms with Crippen molar-refractivity contribution in [2.45, 2.75) is 0 Å². The van der Waals surface area contributed by atoms with Gasteiger partial charge in [0.25, 0.3) is 0 Å². The molecule has 0 radical (unpaired) electrons. The van der Waals surface area contributed by atoms with E-state index < -0.39 is 0 Å². The summed E-state index contributed by atoms with van der Waals surface area (Å²) < 4.78 is 12.4. The lowest BCUT2D eigenvalue weighted by molar-refractivity contribution is 0.415. The van der Waals surface area contributed by atoms with Gasteiger partial charge in [0, 0.05) is 0 Å². The molecule has 23 heavy (non-hydrogen) atoms. The van der Waals surface area contributed by atoms with Gasteiger partial charge in [-0.3, -0.25) is 0 Å². The third-order valence-corrected chi connectivity index (χ3v) is 4.79. The molecular formula is C16H15N3O2S2. The minimum absolute atomic E-state index is 0.596. The fourth-order valence-corrected chi connectivity index (χ4v) is 3.48. The van der Waals surface area contributed by atoms with Gasteiger partial charge in [0.2, 0.25) is 0 Å². The van der Waals surface area contributed by atoms with Crippen molar-refractivity contribution in [2.24, 2.45) is 0 Å². The predicted octanol–water partition coefficient (Wildman–Crippen LogP) is 4.19. The van der Waals surface area contributed by atoms with Gasteiger partial charge in [0.05, 0.1) is 40.2 Å². The topological polar surface area (TPSA) is 70.3 Å². The fourth-order valence-electron chi connectivity index (χ4n) is 2.01. The van der Waals surface area contributed by atoms with Gasteiger partial charge in [0.1, 0.15) is 11.5 Å². The first-order valence-corrected chi connectivity index (χ1v) is 8.46. The molecule has 2 aromatic carbocycles. The van der Waals surface area contributed by atoms with E-state index in [2.05, 4.69) is 9.97 Å². The van der Waals surface area contributed by atoms with Gasteiger partial charge < -0.3 is 15.2 Å². The lowest BCUT2D eigenvalue weighted by Crippen LogP contribution is -1.81. The first-order chi connectivity index (χ1) is 11.2. The van der Waals surface area contributed by atoms with Gasteiger partial charge in [-0.15, -0.1) is 11.3 Å². The van der Waals surface area contributed by atoms with Crippen LogP contribution in [0.15, 0.2) is 41.9 Å². The molecule has 4 rings (SSSR count). The van der Waals surface area contributed by atoms with Gasteiger partial charge in [-0.2, -0.15) is 0 Å². The summed E-state index contributed by atoms with van der Waals surface area (Å²) in [5.41, 5.74) is 9.35. The zero-order chi connectivity index (χ0) is 16.2. The number of anilines is 1. The Morgan fingerprint density at radius 3 is 2.26 bits per heavy atom. The number of nitrogen functional groups attached to an aromatic ring is 1. The molecule has 0 saturated heterocycles. The average molecular weight is 345 g/mol. The largest absolute Gasteiger partial charge is 0.497 e. The molecule has 2 aromatic heterocycles. The van der Waals surface area contributed by atoms with Gasteiger partial charge in [-0.1, -0.05) is 11.3 Å². The third-order valence-electron chi connectivity index (χ3n) is 3.15. The molecule has 0 aliphatic rings. The molecule has 2 heterocycles. The lowest BCUT2D eigenvalue weighted by atomic mass is 10.3. The molecule has 7 heteroatoms. The second-order valence-corrected chi connectivity index (χ2v) is 6.52. The molecule has 5 nitrogen and oxygen atoms in total. The minimum Gasteiger partial charge on any atom is -0.497 e. The average Bonchev–Trinajstić information content (AvgIpc) is 3.18. The Bertz CT molecular complexity index is 933. The maximum atomic E-state index is 5.55. The number of fused-ring (bicyclic) bond motifs is 2. The smallest absolute Gasteiger partial charge is 0.181 e. The van der Waals surface area contributed by atoms with Crippen LogP contribution in [0.5, 0.6) is 11.5 Å². The molecule has 0 saturated carbocycles. The van der Waals surface area contributed by atoms with Gasteiger partial charge in [-0.25, -0.2) is 9.97 Å². The Labute approximate surface area is 141 Å². The Kier molecular flexibility index (Phi) is 4.59. The molecule has 0 unspecified atom stereocenters. The number of aromatic nitrogens is 2. The standard InChI is InChI=1S/C8H8N2OS.C8H7NOS/c1-11-5-2-3-6-7(4-5)12-8(9)10-6;1-10-6-2-3-7-8(4-6)11-5-9-7/h2-4H,1H3,(H2,9,10);2-5H,1H3. The van der Waals surface area contributed by atoms with Crippen LogP contribution < -0.4 is 15.2 Å². The van der Waals surface area contributed by atoms with E-state index in [1.54, 1.807) is 25.6 Å². The van der Waals surface area contributed by atoms with Crippen LogP contribution in [0.1, 0.15) is 0 Å². The van der Waals surface area contributed by atoms with E-state index in [4.69, 9.17) is 15.2 Å². The molecule has 0 aliphatic heterocycles.